The summed E-state index contributed by atoms with van der Waals surface area (Å²) in [5.41, 5.74) is 2.67. The van der Waals surface area contributed by atoms with Gasteiger partial charge in [0.1, 0.15) is 0 Å². The van der Waals surface area contributed by atoms with Crippen molar-refractivity contribution in [1.82, 2.24) is 0 Å². The molecule has 0 unspecified atom stereocenters. The van der Waals surface area contributed by atoms with Crippen LogP contribution < -0.4 is 5.32 Å². The van der Waals surface area contributed by atoms with Gasteiger partial charge in [0.15, 0.2) is 6.61 Å². The maximum absolute atomic E-state index is 12.0. The van der Waals surface area contributed by atoms with Gasteiger partial charge >= 0.3 is 5.97 Å². The Bertz CT molecular complexity index is 761. The Hall–Kier alpha value is -1.85. The van der Waals surface area contributed by atoms with Gasteiger partial charge in [0.25, 0.3) is 5.91 Å². The third kappa shape index (κ3) is 4.56. The maximum atomic E-state index is 12.0. The summed E-state index contributed by atoms with van der Waals surface area (Å²) in [5.74, 6) is -0.947. The van der Waals surface area contributed by atoms with Crippen molar-refractivity contribution in [3.05, 3.63) is 62.6 Å². The number of aryl methyl sites for hydroxylation is 2. The van der Waals surface area contributed by atoms with Crippen LogP contribution in [0.1, 0.15) is 21.5 Å². The fraction of sp³-hybridized carbons (Fsp3) is 0.176. The topological polar surface area (TPSA) is 55.4 Å². The van der Waals surface area contributed by atoms with Crippen LogP contribution in [0.4, 0.5) is 5.69 Å². The lowest BCUT2D eigenvalue weighted by Gasteiger charge is -2.11. The number of nitrogens with one attached hydrogen (secondary N) is 1. The van der Waals surface area contributed by atoms with Crippen LogP contribution in [0.3, 0.4) is 0 Å². The van der Waals surface area contributed by atoms with Crippen molar-refractivity contribution < 1.29 is 14.3 Å². The van der Waals surface area contributed by atoms with E-state index in [2.05, 4.69) is 21.2 Å². The van der Waals surface area contributed by atoms with Crippen molar-refractivity contribution in [3.63, 3.8) is 0 Å². The van der Waals surface area contributed by atoms with E-state index in [-0.39, 0.29) is 6.61 Å². The average Bonchev–Trinajstić information content (AvgIpc) is 2.51. The Morgan fingerprint density at radius 1 is 1.17 bits per heavy atom. The number of amides is 1. The molecule has 23 heavy (non-hydrogen) atoms. The quantitative estimate of drug-likeness (QED) is 0.773. The van der Waals surface area contributed by atoms with Crippen LogP contribution >= 0.6 is 27.5 Å². The van der Waals surface area contributed by atoms with Gasteiger partial charge in [0, 0.05) is 10.2 Å². The predicted octanol–water partition coefficient (Wildman–Crippen LogP) is 4.51. The van der Waals surface area contributed by atoms with Gasteiger partial charge < -0.3 is 10.1 Å². The highest BCUT2D eigenvalue weighted by molar-refractivity contribution is 9.10. The zero-order chi connectivity index (χ0) is 17.0. The summed E-state index contributed by atoms with van der Waals surface area (Å²) < 4.78 is 5.79. The molecule has 2 aromatic carbocycles. The van der Waals surface area contributed by atoms with Crippen molar-refractivity contribution >= 4 is 45.1 Å². The molecule has 0 saturated heterocycles. The highest BCUT2D eigenvalue weighted by Gasteiger charge is 2.13. The van der Waals surface area contributed by atoms with Crippen LogP contribution in [-0.4, -0.2) is 18.5 Å². The molecule has 0 heterocycles. The van der Waals surface area contributed by atoms with Gasteiger partial charge in [0.2, 0.25) is 0 Å². The molecule has 0 bridgehead atoms. The molecule has 0 aliphatic rings. The lowest BCUT2D eigenvalue weighted by molar-refractivity contribution is -0.119. The Labute approximate surface area is 147 Å². The second kappa shape index (κ2) is 7.62. The highest BCUT2D eigenvalue weighted by atomic mass is 79.9. The molecule has 120 valence electrons. The Kier molecular flexibility index (Phi) is 5.80. The number of halogens is 2. The van der Waals surface area contributed by atoms with Crippen LogP contribution in [0.5, 0.6) is 0 Å². The molecule has 0 saturated carbocycles. The molecule has 0 radical (unpaired) electrons. The van der Waals surface area contributed by atoms with E-state index >= 15 is 0 Å². The molecular weight excluding hydrogens is 382 g/mol. The van der Waals surface area contributed by atoms with Crippen molar-refractivity contribution in [3.8, 4) is 0 Å². The number of hydrogen-bond acceptors (Lipinski definition) is 3. The number of ether oxygens (including phenoxy) is 1. The molecule has 4 nitrogen and oxygen atoms in total. The first-order valence-electron chi connectivity index (χ1n) is 6.86. The standard InChI is InChI=1S/C17H15BrClNO3/c1-10-5-3-4-6-12(10)17(22)23-9-16(21)20-15-8-14(19)13(18)7-11(15)2/h3-8H,9H2,1-2H3,(H,20,21). The van der Waals surface area contributed by atoms with Crippen molar-refractivity contribution in [1.29, 1.82) is 0 Å². The summed E-state index contributed by atoms with van der Waals surface area (Å²) in [6.45, 7) is 3.29. The number of esters is 1. The number of carbonyl (C=O) groups excluding carboxylic acids is 2. The molecule has 0 aromatic heterocycles. The van der Waals surface area contributed by atoms with E-state index in [0.29, 0.717) is 16.3 Å². The predicted molar refractivity (Wildman–Crippen MR) is 94.0 cm³/mol. The second-order valence-electron chi connectivity index (χ2n) is 5.02. The third-order valence-electron chi connectivity index (χ3n) is 3.24. The van der Waals surface area contributed by atoms with Gasteiger partial charge in [-0.25, -0.2) is 4.79 Å². The highest BCUT2D eigenvalue weighted by Crippen LogP contribution is 2.28. The smallest absolute Gasteiger partial charge is 0.338 e. The zero-order valence-electron chi connectivity index (χ0n) is 12.7. The molecule has 0 spiro atoms. The first-order valence-corrected chi connectivity index (χ1v) is 8.04. The minimum atomic E-state index is -0.524. The lowest BCUT2D eigenvalue weighted by atomic mass is 10.1. The molecule has 1 N–H and O–H groups in total. The van der Waals surface area contributed by atoms with Gasteiger partial charge in [0.05, 0.1) is 10.6 Å². The molecule has 1 amide bonds. The van der Waals surface area contributed by atoms with Crippen molar-refractivity contribution in [2.45, 2.75) is 13.8 Å². The van der Waals surface area contributed by atoms with E-state index in [1.165, 1.54) is 0 Å². The molecule has 2 rings (SSSR count). The van der Waals surface area contributed by atoms with E-state index in [0.717, 1.165) is 15.6 Å². The monoisotopic (exact) mass is 395 g/mol. The average molecular weight is 397 g/mol. The Morgan fingerprint density at radius 2 is 1.87 bits per heavy atom. The fourth-order valence-electron chi connectivity index (χ4n) is 1.98. The first-order chi connectivity index (χ1) is 10.9. The SMILES string of the molecule is Cc1cc(Br)c(Cl)cc1NC(=O)COC(=O)c1ccccc1C. The van der Waals surface area contributed by atoms with E-state index in [1.54, 1.807) is 24.3 Å². The lowest BCUT2D eigenvalue weighted by Crippen LogP contribution is -2.21. The summed E-state index contributed by atoms with van der Waals surface area (Å²) in [6, 6.07) is 10.5. The van der Waals surface area contributed by atoms with E-state index in [9.17, 15) is 9.59 Å². The number of anilines is 1. The minimum Gasteiger partial charge on any atom is -0.452 e. The number of rotatable bonds is 4. The van der Waals surface area contributed by atoms with Gasteiger partial charge in [-0.15, -0.1) is 0 Å². The van der Waals surface area contributed by atoms with Crippen LogP contribution in [0.25, 0.3) is 0 Å². The third-order valence-corrected chi connectivity index (χ3v) is 4.44. The number of benzene rings is 2. The molecule has 0 aliphatic carbocycles. The van der Waals surface area contributed by atoms with Crippen LogP contribution in [-0.2, 0) is 9.53 Å². The maximum Gasteiger partial charge on any atom is 0.338 e. The Morgan fingerprint density at radius 3 is 2.57 bits per heavy atom. The van der Waals surface area contributed by atoms with Gasteiger partial charge in [-0.05, 0) is 59.1 Å². The first kappa shape index (κ1) is 17.5. The summed E-state index contributed by atoms with van der Waals surface area (Å²) in [5, 5.41) is 3.17. The van der Waals surface area contributed by atoms with Crippen LogP contribution in [0, 0.1) is 13.8 Å². The normalized spacial score (nSPS) is 10.3. The molecule has 2 aromatic rings. The molecule has 6 heteroatoms. The van der Waals surface area contributed by atoms with Crippen molar-refractivity contribution in [2.24, 2.45) is 0 Å². The summed E-state index contributed by atoms with van der Waals surface area (Å²) in [7, 11) is 0. The van der Waals surface area contributed by atoms with Crippen LogP contribution in [0.2, 0.25) is 5.02 Å². The molecule has 0 atom stereocenters. The van der Waals surface area contributed by atoms with Gasteiger partial charge in [-0.2, -0.15) is 0 Å². The molecule has 0 aliphatic heterocycles. The fourth-order valence-corrected chi connectivity index (χ4v) is 2.60. The van der Waals surface area contributed by atoms with Crippen molar-refractivity contribution in [2.75, 3.05) is 11.9 Å². The zero-order valence-corrected chi connectivity index (χ0v) is 15.0. The molecular formula is C17H15BrClNO3. The second-order valence-corrected chi connectivity index (χ2v) is 6.28. The largest absolute Gasteiger partial charge is 0.452 e. The summed E-state index contributed by atoms with van der Waals surface area (Å²) in [6.07, 6.45) is 0. The minimum absolute atomic E-state index is 0.361. The van der Waals surface area contributed by atoms with E-state index < -0.39 is 11.9 Å². The van der Waals surface area contributed by atoms with E-state index in [4.69, 9.17) is 16.3 Å². The summed E-state index contributed by atoms with van der Waals surface area (Å²) in [4.78, 5) is 23.9. The number of carbonyl (C=O) groups is 2. The number of hydrogen-bond donors (Lipinski definition) is 1. The summed E-state index contributed by atoms with van der Waals surface area (Å²) >= 11 is 9.33. The van der Waals surface area contributed by atoms with E-state index in [1.807, 2.05) is 26.0 Å². The van der Waals surface area contributed by atoms with Gasteiger partial charge in [-0.3, -0.25) is 4.79 Å². The van der Waals surface area contributed by atoms with Gasteiger partial charge in [-0.1, -0.05) is 29.8 Å². The van der Waals surface area contributed by atoms with Crippen LogP contribution in [0.15, 0.2) is 40.9 Å². The Balaban J connectivity index is 1.97. The molecule has 0 fully saturated rings.